The monoisotopic (exact) mass is 338 g/mol. The van der Waals surface area contributed by atoms with E-state index in [1.54, 1.807) is 0 Å². The van der Waals surface area contributed by atoms with E-state index in [0.29, 0.717) is 10.1 Å². The Bertz CT molecular complexity index is 869. The summed E-state index contributed by atoms with van der Waals surface area (Å²) in [4.78, 5) is 24.2. The fourth-order valence-electron chi connectivity index (χ4n) is 3.34. The highest BCUT2D eigenvalue weighted by Crippen LogP contribution is 2.43. The molecule has 0 bridgehead atoms. The lowest BCUT2D eigenvalue weighted by Gasteiger charge is -2.16. The molecule has 0 fully saturated rings. The molecule has 2 aromatic rings. The molecule has 0 N–H and O–H groups in total. The van der Waals surface area contributed by atoms with Gasteiger partial charge < -0.3 is 0 Å². The van der Waals surface area contributed by atoms with Gasteiger partial charge in [0.25, 0.3) is 0 Å². The van der Waals surface area contributed by atoms with Crippen molar-refractivity contribution < 1.29 is 9.59 Å². The minimum Gasteiger partial charge on any atom is -0.290 e. The van der Waals surface area contributed by atoms with Gasteiger partial charge in [0, 0.05) is 17.6 Å². The maximum Gasteiger partial charge on any atom is 0.193 e. The number of hydrogen-bond donors (Lipinski definition) is 0. The van der Waals surface area contributed by atoms with Gasteiger partial charge in [-0.1, -0.05) is 36.4 Å². The van der Waals surface area contributed by atoms with E-state index in [2.05, 4.69) is 40.2 Å². The van der Waals surface area contributed by atoms with E-state index in [4.69, 9.17) is 0 Å². The first-order valence-corrected chi connectivity index (χ1v) is 7.62. The van der Waals surface area contributed by atoms with Crippen LogP contribution in [0.1, 0.15) is 17.0 Å². The summed E-state index contributed by atoms with van der Waals surface area (Å²) in [5, 5.41) is 2.43. The van der Waals surface area contributed by atoms with Crippen LogP contribution >= 0.6 is 15.9 Å². The summed E-state index contributed by atoms with van der Waals surface area (Å²) in [7, 11) is 0. The smallest absolute Gasteiger partial charge is 0.193 e. The second-order valence-corrected chi connectivity index (χ2v) is 6.29. The third-order valence-electron chi connectivity index (χ3n) is 4.26. The molecule has 102 valence electrons. The highest BCUT2D eigenvalue weighted by molar-refractivity contribution is 9.12. The van der Waals surface area contributed by atoms with E-state index in [0.717, 1.165) is 12.0 Å². The topological polar surface area (TPSA) is 34.1 Å². The van der Waals surface area contributed by atoms with E-state index < -0.39 is 0 Å². The minimum atomic E-state index is -0.132. The fraction of sp³-hybridized carbons (Fsp3) is 0.111. The van der Waals surface area contributed by atoms with Crippen molar-refractivity contribution in [2.45, 2.75) is 12.3 Å². The van der Waals surface area contributed by atoms with Gasteiger partial charge in [-0.2, -0.15) is 0 Å². The van der Waals surface area contributed by atoms with E-state index in [1.807, 2.05) is 12.1 Å². The molecule has 0 amide bonds. The zero-order valence-corrected chi connectivity index (χ0v) is 12.7. The van der Waals surface area contributed by atoms with Crippen LogP contribution in [0.25, 0.3) is 10.8 Å². The SMILES string of the molecule is O=C1C=C(C2Cc3cccc4cccc2c34)C(=O)C=C1Br. The number of halogens is 1. The van der Waals surface area contributed by atoms with Crippen LogP contribution in [0.15, 0.2) is 58.6 Å². The van der Waals surface area contributed by atoms with Crippen molar-refractivity contribution in [3.8, 4) is 0 Å². The number of hydrogen-bond acceptors (Lipinski definition) is 2. The highest BCUT2D eigenvalue weighted by atomic mass is 79.9. The van der Waals surface area contributed by atoms with Crippen molar-refractivity contribution in [3.63, 3.8) is 0 Å². The van der Waals surface area contributed by atoms with E-state index in [1.165, 1.54) is 28.5 Å². The average Bonchev–Trinajstić information content (AvgIpc) is 2.84. The first kappa shape index (κ1) is 12.7. The summed E-state index contributed by atoms with van der Waals surface area (Å²) in [5.74, 6) is -0.219. The summed E-state index contributed by atoms with van der Waals surface area (Å²) in [6, 6.07) is 12.4. The van der Waals surface area contributed by atoms with Crippen molar-refractivity contribution in [2.75, 3.05) is 0 Å². The zero-order chi connectivity index (χ0) is 14.6. The Balaban J connectivity index is 1.88. The maximum absolute atomic E-state index is 12.3. The van der Waals surface area contributed by atoms with Gasteiger partial charge in [-0.05, 0) is 50.3 Å². The Kier molecular flexibility index (Phi) is 2.73. The van der Waals surface area contributed by atoms with Gasteiger partial charge in [0.05, 0.1) is 4.48 Å². The largest absolute Gasteiger partial charge is 0.290 e. The van der Waals surface area contributed by atoms with Crippen molar-refractivity contribution in [1.82, 2.24) is 0 Å². The van der Waals surface area contributed by atoms with Crippen LogP contribution in [-0.4, -0.2) is 11.6 Å². The van der Waals surface area contributed by atoms with Crippen LogP contribution in [0, 0.1) is 0 Å². The van der Waals surface area contributed by atoms with Crippen molar-refractivity contribution in [1.29, 1.82) is 0 Å². The van der Waals surface area contributed by atoms with Crippen LogP contribution in [0.3, 0.4) is 0 Å². The molecule has 0 radical (unpaired) electrons. The lowest BCUT2D eigenvalue weighted by atomic mass is 9.86. The second kappa shape index (κ2) is 4.50. The molecule has 0 saturated heterocycles. The third-order valence-corrected chi connectivity index (χ3v) is 4.88. The van der Waals surface area contributed by atoms with Crippen LogP contribution < -0.4 is 0 Å². The van der Waals surface area contributed by atoms with Crippen molar-refractivity contribution in [3.05, 3.63) is 69.7 Å². The lowest BCUT2D eigenvalue weighted by molar-refractivity contribution is -0.114. The molecule has 2 aliphatic rings. The summed E-state index contributed by atoms with van der Waals surface area (Å²) in [6.07, 6.45) is 3.66. The number of allylic oxidation sites excluding steroid dienone is 4. The highest BCUT2D eigenvalue weighted by Gasteiger charge is 2.32. The third kappa shape index (κ3) is 1.84. The Labute approximate surface area is 130 Å². The molecule has 0 heterocycles. The molecular formula is C18H11BrO2. The summed E-state index contributed by atoms with van der Waals surface area (Å²) >= 11 is 3.13. The summed E-state index contributed by atoms with van der Waals surface area (Å²) < 4.78 is 0.338. The van der Waals surface area contributed by atoms with Crippen LogP contribution in [0.5, 0.6) is 0 Å². The molecule has 2 nitrogen and oxygen atoms in total. The Morgan fingerprint density at radius 3 is 2.52 bits per heavy atom. The zero-order valence-electron chi connectivity index (χ0n) is 11.1. The van der Waals surface area contributed by atoms with E-state index in [-0.39, 0.29) is 17.5 Å². The molecule has 0 aliphatic heterocycles. The quantitative estimate of drug-likeness (QED) is 0.740. The van der Waals surface area contributed by atoms with Gasteiger partial charge >= 0.3 is 0 Å². The molecular weight excluding hydrogens is 328 g/mol. The van der Waals surface area contributed by atoms with E-state index >= 15 is 0 Å². The molecule has 2 aliphatic carbocycles. The molecule has 0 spiro atoms. The van der Waals surface area contributed by atoms with Gasteiger partial charge in [-0.3, -0.25) is 9.59 Å². The molecule has 0 saturated carbocycles. The van der Waals surface area contributed by atoms with Crippen LogP contribution in [0.2, 0.25) is 0 Å². The number of rotatable bonds is 1. The van der Waals surface area contributed by atoms with Crippen LogP contribution in [0.4, 0.5) is 0 Å². The van der Waals surface area contributed by atoms with E-state index in [9.17, 15) is 9.59 Å². The van der Waals surface area contributed by atoms with Gasteiger partial charge in [0.2, 0.25) is 0 Å². The summed E-state index contributed by atoms with van der Waals surface area (Å²) in [5.41, 5.74) is 3.01. The Hall–Kier alpha value is -2.00. The lowest BCUT2D eigenvalue weighted by Crippen LogP contribution is -2.16. The van der Waals surface area contributed by atoms with Gasteiger partial charge in [0.1, 0.15) is 0 Å². The molecule has 0 aromatic heterocycles. The first-order chi connectivity index (χ1) is 10.1. The van der Waals surface area contributed by atoms with Gasteiger partial charge in [0.15, 0.2) is 11.6 Å². The molecule has 1 atom stereocenters. The van der Waals surface area contributed by atoms with Crippen LogP contribution in [-0.2, 0) is 16.0 Å². The molecule has 1 unspecified atom stereocenters. The number of carbonyl (C=O) groups is 2. The molecule has 2 aromatic carbocycles. The molecule has 21 heavy (non-hydrogen) atoms. The maximum atomic E-state index is 12.3. The predicted octanol–water partition coefficient (Wildman–Crippen LogP) is 3.84. The Morgan fingerprint density at radius 2 is 1.71 bits per heavy atom. The second-order valence-electron chi connectivity index (χ2n) is 5.44. The standard InChI is InChI=1S/C18H11BrO2/c19-15-9-16(20)14(8-17(15)21)13-7-11-5-1-3-10-4-2-6-12(13)18(10)11/h1-6,8-9,13H,7H2. The normalized spacial score (nSPS) is 20.7. The van der Waals surface area contributed by atoms with Gasteiger partial charge in [-0.15, -0.1) is 0 Å². The van der Waals surface area contributed by atoms with Gasteiger partial charge in [-0.25, -0.2) is 0 Å². The Morgan fingerprint density at radius 1 is 0.952 bits per heavy atom. The van der Waals surface area contributed by atoms with Crippen molar-refractivity contribution in [2.24, 2.45) is 0 Å². The molecule has 4 rings (SSSR count). The average molecular weight is 339 g/mol. The number of ketones is 2. The van der Waals surface area contributed by atoms with Crippen molar-refractivity contribution >= 4 is 38.3 Å². The first-order valence-electron chi connectivity index (χ1n) is 6.83. The number of benzene rings is 2. The fourth-order valence-corrected chi connectivity index (χ4v) is 3.66. The minimum absolute atomic E-state index is 0.0144. The molecule has 3 heteroatoms. The summed E-state index contributed by atoms with van der Waals surface area (Å²) in [6.45, 7) is 0. The predicted molar refractivity (Wildman–Crippen MR) is 85.5 cm³/mol. The number of carbonyl (C=O) groups excluding carboxylic acids is 2.